The van der Waals surface area contributed by atoms with Crippen LogP contribution in [-0.2, 0) is 0 Å². The molecule has 4 N–H and O–H groups in total. The lowest BCUT2D eigenvalue weighted by Gasteiger charge is -2.22. The van der Waals surface area contributed by atoms with Crippen molar-refractivity contribution in [3.63, 3.8) is 0 Å². The third-order valence-corrected chi connectivity index (χ3v) is 3.87. The van der Waals surface area contributed by atoms with E-state index in [9.17, 15) is 8.78 Å². The van der Waals surface area contributed by atoms with Gasteiger partial charge in [-0.15, -0.1) is 0 Å². The molecule has 19 heavy (non-hydrogen) atoms. The van der Waals surface area contributed by atoms with Gasteiger partial charge in [-0.2, -0.15) is 0 Å². The summed E-state index contributed by atoms with van der Waals surface area (Å²) in [5.74, 6) is -1.08. The molecule has 1 aromatic carbocycles. The van der Waals surface area contributed by atoms with Gasteiger partial charge in [0.2, 0.25) is 0 Å². The first-order chi connectivity index (χ1) is 9.11. The van der Waals surface area contributed by atoms with Crippen LogP contribution in [0.2, 0.25) is 0 Å². The molecule has 0 aliphatic carbocycles. The maximum atomic E-state index is 13.2. The van der Waals surface area contributed by atoms with Crippen LogP contribution in [0.1, 0.15) is 24.4 Å². The van der Waals surface area contributed by atoms with Crippen molar-refractivity contribution in [3.8, 4) is 0 Å². The van der Waals surface area contributed by atoms with Gasteiger partial charge in [0, 0.05) is 31.2 Å². The number of hydrogen-bond donors (Lipinski definition) is 3. The van der Waals surface area contributed by atoms with Gasteiger partial charge < -0.3 is 5.73 Å². The van der Waals surface area contributed by atoms with Crippen LogP contribution < -0.4 is 16.6 Å². The molecule has 0 radical (unpaired) electrons. The van der Waals surface area contributed by atoms with E-state index in [-0.39, 0.29) is 18.2 Å². The number of halogens is 2. The lowest BCUT2D eigenvalue weighted by Crippen LogP contribution is -2.44. The second kappa shape index (κ2) is 5.13. The fourth-order valence-corrected chi connectivity index (χ4v) is 2.87. The van der Waals surface area contributed by atoms with Gasteiger partial charge in [-0.3, -0.25) is 4.90 Å². The second-order valence-electron chi connectivity index (χ2n) is 5.34. The van der Waals surface area contributed by atoms with E-state index in [2.05, 4.69) is 15.8 Å². The third-order valence-electron chi connectivity index (χ3n) is 3.87. The standard InChI is InChI=1S/C13H18F2N4/c14-9-3-8(4-10(15)5-9)12-6-13(18-17-12)19-2-1-11(16)7-19/h3-5,11-13,17-18H,1-2,6-7,16H2. The van der Waals surface area contributed by atoms with E-state index >= 15 is 0 Å². The topological polar surface area (TPSA) is 53.3 Å². The van der Waals surface area contributed by atoms with Gasteiger partial charge in [-0.05, 0) is 30.5 Å². The van der Waals surface area contributed by atoms with Crippen molar-refractivity contribution in [3.05, 3.63) is 35.4 Å². The van der Waals surface area contributed by atoms with Crippen molar-refractivity contribution < 1.29 is 8.78 Å². The predicted molar refractivity (Wildman–Crippen MR) is 67.9 cm³/mol. The zero-order valence-corrected chi connectivity index (χ0v) is 10.6. The molecule has 0 saturated carbocycles. The van der Waals surface area contributed by atoms with Crippen molar-refractivity contribution in [1.29, 1.82) is 0 Å². The summed E-state index contributed by atoms with van der Waals surface area (Å²) in [7, 11) is 0. The summed E-state index contributed by atoms with van der Waals surface area (Å²) in [6, 6.07) is 3.80. The van der Waals surface area contributed by atoms with Crippen LogP contribution in [0.4, 0.5) is 8.78 Å². The Morgan fingerprint density at radius 2 is 1.89 bits per heavy atom. The Morgan fingerprint density at radius 1 is 1.16 bits per heavy atom. The predicted octanol–water partition coefficient (Wildman–Crippen LogP) is 0.863. The van der Waals surface area contributed by atoms with Gasteiger partial charge in [-0.25, -0.2) is 19.6 Å². The van der Waals surface area contributed by atoms with Crippen molar-refractivity contribution in [2.75, 3.05) is 13.1 Å². The molecule has 1 aromatic rings. The van der Waals surface area contributed by atoms with Gasteiger partial charge >= 0.3 is 0 Å². The van der Waals surface area contributed by atoms with Crippen molar-refractivity contribution >= 4 is 0 Å². The van der Waals surface area contributed by atoms with Crippen LogP contribution >= 0.6 is 0 Å². The maximum absolute atomic E-state index is 13.2. The van der Waals surface area contributed by atoms with E-state index in [0.717, 1.165) is 32.0 Å². The van der Waals surface area contributed by atoms with Crippen molar-refractivity contribution in [1.82, 2.24) is 15.8 Å². The number of hydrazine groups is 1. The molecular formula is C13H18F2N4. The highest BCUT2D eigenvalue weighted by atomic mass is 19.1. The number of nitrogens with zero attached hydrogens (tertiary/aromatic N) is 1. The number of hydrogen-bond acceptors (Lipinski definition) is 4. The van der Waals surface area contributed by atoms with E-state index in [1.807, 2.05) is 0 Å². The molecule has 3 unspecified atom stereocenters. The monoisotopic (exact) mass is 268 g/mol. The molecule has 0 bridgehead atoms. The summed E-state index contributed by atoms with van der Waals surface area (Å²) in [6.07, 6.45) is 1.94. The summed E-state index contributed by atoms with van der Waals surface area (Å²) >= 11 is 0. The average Bonchev–Trinajstić information content (AvgIpc) is 2.95. The molecule has 4 nitrogen and oxygen atoms in total. The van der Waals surface area contributed by atoms with Gasteiger partial charge in [0.1, 0.15) is 11.6 Å². The van der Waals surface area contributed by atoms with Gasteiger partial charge in [-0.1, -0.05) is 0 Å². The van der Waals surface area contributed by atoms with Gasteiger partial charge in [0.05, 0.1) is 6.17 Å². The minimum atomic E-state index is -0.538. The molecule has 104 valence electrons. The molecule has 2 saturated heterocycles. The van der Waals surface area contributed by atoms with E-state index in [1.54, 1.807) is 0 Å². The number of benzene rings is 1. The first-order valence-corrected chi connectivity index (χ1v) is 6.58. The van der Waals surface area contributed by atoms with Crippen molar-refractivity contribution in [2.24, 2.45) is 5.73 Å². The van der Waals surface area contributed by atoms with Crippen LogP contribution in [0.15, 0.2) is 18.2 Å². The highest BCUT2D eigenvalue weighted by Gasteiger charge is 2.33. The Balaban J connectivity index is 1.68. The summed E-state index contributed by atoms with van der Waals surface area (Å²) in [4.78, 5) is 2.27. The smallest absolute Gasteiger partial charge is 0.126 e. The fourth-order valence-electron chi connectivity index (χ4n) is 2.87. The molecule has 2 fully saturated rings. The Morgan fingerprint density at radius 3 is 2.53 bits per heavy atom. The van der Waals surface area contributed by atoms with Crippen molar-refractivity contribution in [2.45, 2.75) is 31.1 Å². The number of likely N-dealkylation sites (tertiary alicyclic amines) is 1. The molecule has 6 heteroatoms. The highest BCUT2D eigenvalue weighted by Crippen LogP contribution is 2.26. The minimum Gasteiger partial charge on any atom is -0.326 e. The molecule has 0 spiro atoms. The van der Waals surface area contributed by atoms with Gasteiger partial charge in [0.15, 0.2) is 0 Å². The maximum Gasteiger partial charge on any atom is 0.126 e. The van der Waals surface area contributed by atoms with E-state index in [4.69, 9.17) is 5.73 Å². The zero-order chi connectivity index (χ0) is 13.4. The second-order valence-corrected chi connectivity index (χ2v) is 5.34. The fraction of sp³-hybridized carbons (Fsp3) is 0.538. The average molecular weight is 268 g/mol. The van der Waals surface area contributed by atoms with Crippen LogP contribution in [0.5, 0.6) is 0 Å². The minimum absolute atomic E-state index is 0.0768. The quantitative estimate of drug-likeness (QED) is 0.745. The lowest BCUT2D eigenvalue weighted by molar-refractivity contribution is 0.215. The molecule has 2 aliphatic heterocycles. The van der Waals surface area contributed by atoms with E-state index in [0.29, 0.717) is 5.56 Å². The van der Waals surface area contributed by atoms with Crippen LogP contribution in [-0.4, -0.2) is 30.2 Å². The Labute approximate surface area is 110 Å². The number of nitrogens with one attached hydrogen (secondary N) is 2. The Kier molecular flexibility index (Phi) is 3.49. The number of nitrogens with two attached hydrogens (primary N) is 1. The Hall–Kier alpha value is -1.08. The van der Waals surface area contributed by atoms with E-state index < -0.39 is 11.6 Å². The molecule has 0 aromatic heterocycles. The summed E-state index contributed by atoms with van der Waals surface area (Å²) in [5, 5.41) is 0. The molecule has 2 aliphatic rings. The molecular weight excluding hydrogens is 250 g/mol. The first kappa shape index (κ1) is 12.9. The zero-order valence-electron chi connectivity index (χ0n) is 10.6. The van der Waals surface area contributed by atoms with Gasteiger partial charge in [0.25, 0.3) is 0 Å². The van der Waals surface area contributed by atoms with Crippen LogP contribution in [0.25, 0.3) is 0 Å². The largest absolute Gasteiger partial charge is 0.326 e. The first-order valence-electron chi connectivity index (χ1n) is 6.58. The SMILES string of the molecule is NC1CCN(C2CC(c3cc(F)cc(F)c3)NN2)C1. The van der Waals surface area contributed by atoms with E-state index in [1.165, 1.54) is 12.1 Å². The number of rotatable bonds is 2. The molecule has 3 rings (SSSR count). The third kappa shape index (κ3) is 2.76. The summed E-state index contributed by atoms with van der Waals surface area (Å²) in [5.41, 5.74) is 12.8. The Bertz CT molecular complexity index is 448. The lowest BCUT2D eigenvalue weighted by atomic mass is 10.0. The highest BCUT2D eigenvalue weighted by molar-refractivity contribution is 5.22. The molecule has 2 heterocycles. The summed E-state index contributed by atoms with van der Waals surface area (Å²) in [6.45, 7) is 1.83. The van der Waals surface area contributed by atoms with Crippen LogP contribution in [0.3, 0.4) is 0 Å². The summed E-state index contributed by atoms with van der Waals surface area (Å²) < 4.78 is 26.4. The molecule has 3 atom stereocenters. The molecule has 0 amide bonds. The normalized spacial score (nSPS) is 32.1. The van der Waals surface area contributed by atoms with Crippen LogP contribution in [0, 0.1) is 11.6 Å².